The number of benzene rings is 2. The smallest absolute Gasteiger partial charge is 0.305 e. The first-order valence-electron chi connectivity index (χ1n) is 11.1. The van der Waals surface area contributed by atoms with E-state index >= 15 is 0 Å². The summed E-state index contributed by atoms with van der Waals surface area (Å²) in [5.41, 5.74) is 3.97. The SMILES string of the molecule is CNc1cccc(-c2nc(C(C)C)n(/C=C/[C@@H](O)C[C@@H](O)CC(=O)O)c2-c2ccc(F)cc2)c1. The van der Waals surface area contributed by atoms with Crippen LogP contribution in [0.5, 0.6) is 0 Å². The van der Waals surface area contributed by atoms with Crippen molar-refractivity contribution in [3.63, 3.8) is 0 Å². The van der Waals surface area contributed by atoms with Crippen LogP contribution in [0.2, 0.25) is 0 Å². The maximum absolute atomic E-state index is 13.7. The molecule has 4 N–H and O–H groups in total. The van der Waals surface area contributed by atoms with Crippen LogP contribution < -0.4 is 5.32 Å². The molecule has 8 heteroatoms. The number of aliphatic hydroxyl groups excluding tert-OH is 2. The van der Waals surface area contributed by atoms with Crippen molar-refractivity contribution in [2.45, 2.75) is 44.8 Å². The van der Waals surface area contributed by atoms with Gasteiger partial charge >= 0.3 is 5.97 Å². The Bertz CT molecular complexity index is 1160. The first kappa shape index (κ1) is 25.1. The monoisotopic (exact) mass is 467 g/mol. The number of nitrogens with zero attached hydrogens (tertiary/aromatic N) is 2. The Balaban J connectivity index is 2.12. The molecule has 0 unspecified atom stereocenters. The van der Waals surface area contributed by atoms with E-state index in [4.69, 9.17) is 10.1 Å². The van der Waals surface area contributed by atoms with Gasteiger partial charge in [0.1, 0.15) is 11.6 Å². The molecule has 0 amide bonds. The molecule has 0 radical (unpaired) electrons. The lowest BCUT2D eigenvalue weighted by Gasteiger charge is -2.13. The molecule has 0 spiro atoms. The second-order valence-corrected chi connectivity index (χ2v) is 8.43. The average Bonchev–Trinajstić information content (AvgIpc) is 3.17. The Morgan fingerprint density at radius 3 is 2.47 bits per heavy atom. The van der Waals surface area contributed by atoms with Crippen LogP contribution in [0.4, 0.5) is 10.1 Å². The number of aliphatic carboxylic acids is 1. The second-order valence-electron chi connectivity index (χ2n) is 8.43. The van der Waals surface area contributed by atoms with Crippen LogP contribution in [0, 0.1) is 5.82 Å². The molecule has 0 fully saturated rings. The predicted molar refractivity (Wildman–Crippen MR) is 131 cm³/mol. The number of carboxylic acid groups (broad SMARTS) is 1. The first-order chi connectivity index (χ1) is 16.2. The highest BCUT2D eigenvalue weighted by atomic mass is 19.1. The van der Waals surface area contributed by atoms with E-state index in [9.17, 15) is 19.4 Å². The van der Waals surface area contributed by atoms with Gasteiger partial charge < -0.3 is 25.2 Å². The number of rotatable bonds is 10. The van der Waals surface area contributed by atoms with Crippen molar-refractivity contribution in [1.82, 2.24) is 9.55 Å². The molecular formula is C26H30FN3O4. The third kappa shape index (κ3) is 6.09. The Hall–Kier alpha value is -3.49. The van der Waals surface area contributed by atoms with Gasteiger partial charge in [0.15, 0.2) is 0 Å². The minimum absolute atomic E-state index is 0.0276. The van der Waals surface area contributed by atoms with Crippen molar-refractivity contribution in [3.8, 4) is 22.5 Å². The van der Waals surface area contributed by atoms with Crippen LogP contribution in [0.25, 0.3) is 28.7 Å². The minimum Gasteiger partial charge on any atom is -0.481 e. The van der Waals surface area contributed by atoms with Gasteiger partial charge in [-0.1, -0.05) is 26.0 Å². The molecule has 1 aromatic heterocycles. The molecule has 0 bridgehead atoms. The molecule has 3 rings (SSSR count). The number of halogens is 1. The fourth-order valence-electron chi connectivity index (χ4n) is 3.74. The normalized spacial score (nSPS) is 13.4. The average molecular weight is 468 g/mol. The summed E-state index contributed by atoms with van der Waals surface area (Å²) in [6.07, 6.45) is 0.386. The molecule has 0 aliphatic rings. The zero-order valence-corrected chi connectivity index (χ0v) is 19.4. The molecule has 0 saturated carbocycles. The van der Waals surface area contributed by atoms with E-state index in [2.05, 4.69) is 5.32 Å². The zero-order valence-electron chi connectivity index (χ0n) is 19.4. The third-order valence-corrected chi connectivity index (χ3v) is 5.38. The zero-order chi connectivity index (χ0) is 24.8. The molecule has 0 saturated heterocycles. The number of carbonyl (C=O) groups is 1. The van der Waals surface area contributed by atoms with Crippen LogP contribution in [0.3, 0.4) is 0 Å². The van der Waals surface area contributed by atoms with Crippen molar-refractivity contribution < 1.29 is 24.5 Å². The molecule has 3 aromatic rings. The summed E-state index contributed by atoms with van der Waals surface area (Å²) in [5.74, 6) is -0.720. The summed E-state index contributed by atoms with van der Waals surface area (Å²) >= 11 is 0. The summed E-state index contributed by atoms with van der Waals surface area (Å²) in [5, 5.41) is 32.2. The maximum atomic E-state index is 13.7. The standard InChI is InChI=1S/C26H30FN3O4/c1-16(2)26-29-24(18-5-4-6-20(13-18)28-3)25(17-7-9-19(27)10-8-17)30(26)12-11-21(31)14-22(32)15-23(33)34/h4-13,16,21-22,28,31-32H,14-15H2,1-3H3,(H,33,34)/b12-11+/t21-,22-/m1/s1. The topological polar surface area (TPSA) is 108 Å². The lowest BCUT2D eigenvalue weighted by Crippen LogP contribution is -2.19. The highest BCUT2D eigenvalue weighted by molar-refractivity contribution is 5.82. The van der Waals surface area contributed by atoms with Crippen LogP contribution in [0.1, 0.15) is 38.4 Å². The number of aromatic nitrogens is 2. The number of imidazole rings is 1. The Morgan fingerprint density at radius 1 is 1.15 bits per heavy atom. The first-order valence-corrected chi connectivity index (χ1v) is 11.1. The molecule has 7 nitrogen and oxygen atoms in total. The van der Waals surface area contributed by atoms with E-state index in [0.717, 1.165) is 28.3 Å². The molecule has 34 heavy (non-hydrogen) atoms. The van der Waals surface area contributed by atoms with Crippen molar-refractivity contribution in [3.05, 3.63) is 66.2 Å². The summed E-state index contributed by atoms with van der Waals surface area (Å²) in [6, 6.07) is 13.9. The molecular weight excluding hydrogens is 437 g/mol. The van der Waals surface area contributed by atoms with Gasteiger partial charge in [-0.2, -0.15) is 0 Å². The lowest BCUT2D eigenvalue weighted by atomic mass is 10.0. The van der Waals surface area contributed by atoms with E-state index in [-0.39, 0.29) is 18.2 Å². The number of nitrogens with one attached hydrogen (secondary N) is 1. The fourth-order valence-corrected chi connectivity index (χ4v) is 3.74. The number of anilines is 1. The van der Waals surface area contributed by atoms with Crippen molar-refractivity contribution in [1.29, 1.82) is 0 Å². The van der Waals surface area contributed by atoms with E-state index in [1.165, 1.54) is 18.2 Å². The summed E-state index contributed by atoms with van der Waals surface area (Å²) < 4.78 is 15.5. The van der Waals surface area contributed by atoms with Gasteiger partial charge in [-0.15, -0.1) is 0 Å². The molecule has 180 valence electrons. The van der Waals surface area contributed by atoms with E-state index < -0.39 is 24.6 Å². The highest BCUT2D eigenvalue weighted by Crippen LogP contribution is 2.36. The number of carboxylic acids is 1. The van der Waals surface area contributed by atoms with Gasteiger partial charge in [0.2, 0.25) is 0 Å². The van der Waals surface area contributed by atoms with E-state index in [1.807, 2.05) is 49.7 Å². The molecule has 1 heterocycles. The van der Waals surface area contributed by atoms with E-state index in [0.29, 0.717) is 5.69 Å². The fraction of sp³-hybridized carbons (Fsp3) is 0.308. The number of aliphatic hydroxyl groups is 2. The summed E-state index contributed by atoms with van der Waals surface area (Å²) in [7, 11) is 1.83. The van der Waals surface area contributed by atoms with Crippen LogP contribution in [-0.2, 0) is 4.79 Å². The summed E-state index contributed by atoms with van der Waals surface area (Å²) in [4.78, 5) is 15.7. The molecule has 0 aliphatic carbocycles. The molecule has 2 aromatic carbocycles. The Morgan fingerprint density at radius 2 is 1.85 bits per heavy atom. The van der Waals surface area contributed by atoms with Gasteiger partial charge in [-0.25, -0.2) is 9.37 Å². The van der Waals surface area contributed by atoms with Gasteiger partial charge in [0, 0.05) is 42.4 Å². The third-order valence-electron chi connectivity index (χ3n) is 5.38. The van der Waals surface area contributed by atoms with Crippen molar-refractivity contribution in [2.24, 2.45) is 0 Å². The molecule has 0 aliphatic heterocycles. The predicted octanol–water partition coefficient (Wildman–Crippen LogP) is 4.58. The quantitative estimate of drug-likeness (QED) is 0.348. The van der Waals surface area contributed by atoms with Crippen molar-refractivity contribution >= 4 is 17.9 Å². The largest absolute Gasteiger partial charge is 0.481 e. The summed E-state index contributed by atoms with van der Waals surface area (Å²) in [6.45, 7) is 4.00. The number of hydrogen-bond donors (Lipinski definition) is 4. The van der Waals surface area contributed by atoms with Crippen molar-refractivity contribution in [2.75, 3.05) is 12.4 Å². The number of hydrogen-bond acceptors (Lipinski definition) is 5. The van der Waals surface area contributed by atoms with Gasteiger partial charge in [0.25, 0.3) is 0 Å². The lowest BCUT2D eigenvalue weighted by molar-refractivity contribution is -0.139. The van der Waals surface area contributed by atoms with Crippen LogP contribution >= 0.6 is 0 Å². The van der Waals surface area contributed by atoms with Crippen LogP contribution in [0.15, 0.2) is 54.6 Å². The second kappa shape index (κ2) is 11.1. The van der Waals surface area contributed by atoms with Gasteiger partial charge in [0.05, 0.1) is 30.0 Å². The highest BCUT2D eigenvalue weighted by Gasteiger charge is 2.21. The minimum atomic E-state index is -1.17. The Labute approximate surface area is 198 Å². The Kier molecular flexibility index (Phi) is 8.20. The van der Waals surface area contributed by atoms with E-state index in [1.54, 1.807) is 18.3 Å². The molecule has 2 atom stereocenters. The maximum Gasteiger partial charge on any atom is 0.305 e. The van der Waals surface area contributed by atoms with Gasteiger partial charge in [-0.3, -0.25) is 4.79 Å². The van der Waals surface area contributed by atoms with Crippen LogP contribution in [-0.4, -0.2) is 50.1 Å². The van der Waals surface area contributed by atoms with Gasteiger partial charge in [-0.05, 0) is 42.5 Å².